The summed E-state index contributed by atoms with van der Waals surface area (Å²) in [7, 11) is 3.77. The van der Waals surface area contributed by atoms with Gasteiger partial charge in [0.2, 0.25) is 0 Å². The molecule has 28 heavy (non-hydrogen) atoms. The average Bonchev–Trinajstić information content (AvgIpc) is 3.13. The van der Waals surface area contributed by atoms with Gasteiger partial charge in [-0.05, 0) is 49.2 Å². The zero-order valence-electron chi connectivity index (χ0n) is 16.7. The van der Waals surface area contributed by atoms with Crippen molar-refractivity contribution in [3.05, 3.63) is 77.6 Å². The Bertz CT molecular complexity index is 920. The molecule has 0 bridgehead atoms. The average molecular weight is 377 g/mol. The predicted molar refractivity (Wildman–Crippen MR) is 110 cm³/mol. The van der Waals surface area contributed by atoms with Crippen LogP contribution in [0.15, 0.2) is 54.9 Å². The summed E-state index contributed by atoms with van der Waals surface area (Å²) in [4.78, 5) is 12.0. The van der Waals surface area contributed by atoms with Crippen LogP contribution in [-0.4, -0.2) is 39.6 Å². The lowest BCUT2D eigenvalue weighted by molar-refractivity contribution is 0.192. The van der Waals surface area contributed by atoms with Crippen molar-refractivity contribution in [3.8, 4) is 5.75 Å². The number of aryl methyl sites for hydroxylation is 1. The molecule has 0 aliphatic carbocycles. The Labute approximate surface area is 167 Å². The van der Waals surface area contributed by atoms with Crippen LogP contribution in [0.2, 0.25) is 0 Å². The molecule has 5 heteroatoms. The first-order valence-corrected chi connectivity index (χ1v) is 9.98. The maximum Gasteiger partial charge on any atom is 0.122 e. The van der Waals surface area contributed by atoms with Crippen LogP contribution in [0.4, 0.5) is 0 Å². The molecule has 1 aliphatic heterocycles. The van der Waals surface area contributed by atoms with Crippen molar-refractivity contribution in [1.82, 2.24) is 19.4 Å². The van der Waals surface area contributed by atoms with E-state index >= 15 is 0 Å². The van der Waals surface area contributed by atoms with Crippen LogP contribution >= 0.6 is 0 Å². The third-order valence-electron chi connectivity index (χ3n) is 5.56. The number of ether oxygens (including phenoxy) is 1. The van der Waals surface area contributed by atoms with Gasteiger partial charge in [-0.3, -0.25) is 9.88 Å². The van der Waals surface area contributed by atoms with Gasteiger partial charge in [0.05, 0.1) is 13.7 Å². The van der Waals surface area contributed by atoms with E-state index in [-0.39, 0.29) is 0 Å². The first kappa shape index (κ1) is 18.7. The molecule has 0 saturated carbocycles. The quantitative estimate of drug-likeness (QED) is 0.656. The molecule has 3 heterocycles. The number of piperidine rings is 1. The molecule has 5 nitrogen and oxygen atoms in total. The molecule has 0 N–H and O–H groups in total. The zero-order chi connectivity index (χ0) is 19.3. The number of aromatic nitrogens is 3. The first-order chi connectivity index (χ1) is 13.7. The topological polar surface area (TPSA) is 43.2 Å². The lowest BCUT2D eigenvalue weighted by Gasteiger charge is -2.32. The van der Waals surface area contributed by atoms with Crippen molar-refractivity contribution < 1.29 is 4.74 Å². The Hall–Kier alpha value is -2.66. The van der Waals surface area contributed by atoms with E-state index in [9.17, 15) is 0 Å². The molecule has 0 radical (unpaired) electrons. The molecule has 0 spiro atoms. The summed E-state index contributed by atoms with van der Waals surface area (Å²) in [6.07, 6.45) is 7.12. The van der Waals surface area contributed by atoms with Crippen LogP contribution in [0.1, 0.15) is 41.5 Å². The highest BCUT2D eigenvalue weighted by Gasteiger charge is 2.23. The highest BCUT2D eigenvalue weighted by Crippen LogP contribution is 2.27. The molecule has 4 rings (SSSR count). The molecule has 1 aromatic carbocycles. The SMILES string of the molecule is COc1cccc(Cc2cccc([C@@H]3CCCN(Cc4nccn4C)C3)n2)c1. The number of pyridine rings is 1. The van der Waals surface area contributed by atoms with Crippen molar-refractivity contribution in [2.75, 3.05) is 20.2 Å². The number of likely N-dealkylation sites (tertiary alicyclic amines) is 1. The maximum absolute atomic E-state index is 5.34. The lowest BCUT2D eigenvalue weighted by Crippen LogP contribution is -2.35. The minimum absolute atomic E-state index is 0.485. The minimum atomic E-state index is 0.485. The number of rotatable bonds is 6. The second-order valence-electron chi connectivity index (χ2n) is 7.61. The van der Waals surface area contributed by atoms with Gasteiger partial charge in [0.25, 0.3) is 0 Å². The zero-order valence-corrected chi connectivity index (χ0v) is 16.7. The van der Waals surface area contributed by atoms with Crippen LogP contribution in [-0.2, 0) is 20.0 Å². The van der Waals surface area contributed by atoms with Crippen molar-refractivity contribution in [1.29, 1.82) is 0 Å². The highest BCUT2D eigenvalue weighted by atomic mass is 16.5. The van der Waals surface area contributed by atoms with E-state index in [1.165, 1.54) is 24.1 Å². The number of hydrogen-bond acceptors (Lipinski definition) is 4. The fourth-order valence-electron chi connectivity index (χ4n) is 4.00. The molecule has 1 saturated heterocycles. The number of methoxy groups -OCH3 is 1. The van der Waals surface area contributed by atoms with Gasteiger partial charge in [-0.2, -0.15) is 0 Å². The maximum atomic E-state index is 5.34. The Morgan fingerprint density at radius 1 is 1.18 bits per heavy atom. The Morgan fingerprint density at radius 2 is 2.07 bits per heavy atom. The van der Waals surface area contributed by atoms with Crippen LogP contribution < -0.4 is 4.74 Å². The number of nitrogens with zero attached hydrogens (tertiary/aromatic N) is 4. The molecule has 0 amide bonds. The monoisotopic (exact) mass is 376 g/mol. The van der Waals surface area contributed by atoms with E-state index in [4.69, 9.17) is 9.72 Å². The van der Waals surface area contributed by atoms with Crippen LogP contribution in [0, 0.1) is 0 Å². The summed E-state index contributed by atoms with van der Waals surface area (Å²) < 4.78 is 7.45. The van der Waals surface area contributed by atoms with Gasteiger partial charge in [0, 0.05) is 49.7 Å². The van der Waals surface area contributed by atoms with Gasteiger partial charge in [0.1, 0.15) is 11.6 Å². The molecular weight excluding hydrogens is 348 g/mol. The summed E-state index contributed by atoms with van der Waals surface area (Å²) in [6, 6.07) is 14.7. The smallest absolute Gasteiger partial charge is 0.122 e. The van der Waals surface area contributed by atoms with E-state index in [0.717, 1.165) is 43.3 Å². The van der Waals surface area contributed by atoms with E-state index in [0.29, 0.717) is 5.92 Å². The van der Waals surface area contributed by atoms with Gasteiger partial charge in [-0.1, -0.05) is 18.2 Å². The van der Waals surface area contributed by atoms with Crippen molar-refractivity contribution in [2.45, 2.75) is 31.7 Å². The summed E-state index contributed by atoms with van der Waals surface area (Å²) in [5.41, 5.74) is 3.56. The Balaban J connectivity index is 1.45. The van der Waals surface area contributed by atoms with Crippen molar-refractivity contribution in [3.63, 3.8) is 0 Å². The van der Waals surface area contributed by atoms with Crippen molar-refractivity contribution in [2.24, 2.45) is 7.05 Å². The normalized spacial score (nSPS) is 17.6. The van der Waals surface area contributed by atoms with Crippen LogP contribution in [0.3, 0.4) is 0 Å². The molecule has 1 fully saturated rings. The molecular formula is C23H28N4O. The van der Waals surface area contributed by atoms with Gasteiger partial charge in [-0.15, -0.1) is 0 Å². The van der Waals surface area contributed by atoms with Gasteiger partial charge >= 0.3 is 0 Å². The summed E-state index contributed by atoms with van der Waals surface area (Å²) in [6.45, 7) is 3.08. The molecule has 1 atom stereocenters. The van der Waals surface area contributed by atoms with E-state index in [2.05, 4.69) is 51.8 Å². The third-order valence-corrected chi connectivity index (χ3v) is 5.56. The second kappa shape index (κ2) is 8.57. The number of benzene rings is 1. The fraction of sp³-hybridized carbons (Fsp3) is 0.391. The van der Waals surface area contributed by atoms with Crippen LogP contribution in [0.5, 0.6) is 5.75 Å². The first-order valence-electron chi connectivity index (χ1n) is 9.98. The number of imidazole rings is 1. The fourth-order valence-corrected chi connectivity index (χ4v) is 4.00. The van der Waals surface area contributed by atoms with Crippen LogP contribution in [0.25, 0.3) is 0 Å². The van der Waals surface area contributed by atoms with E-state index in [1.54, 1.807) is 7.11 Å². The Kier molecular flexibility index (Phi) is 5.72. The molecule has 146 valence electrons. The second-order valence-corrected chi connectivity index (χ2v) is 7.61. The largest absolute Gasteiger partial charge is 0.497 e. The molecule has 3 aromatic rings. The molecule has 1 aliphatic rings. The standard InChI is InChI=1S/C23H28N4O/c1-26-13-11-24-23(26)17-27-12-5-7-19(16-27)22-10-4-8-20(25-22)14-18-6-3-9-21(15-18)28-2/h3-4,6,8-11,13,15,19H,5,7,12,14,16-17H2,1-2H3/t19-/m1/s1. The highest BCUT2D eigenvalue weighted by molar-refractivity contribution is 5.31. The summed E-state index contributed by atoms with van der Waals surface area (Å²) in [5, 5.41) is 0. The third kappa shape index (κ3) is 4.42. The summed E-state index contributed by atoms with van der Waals surface area (Å²) >= 11 is 0. The lowest BCUT2D eigenvalue weighted by atomic mass is 9.94. The van der Waals surface area contributed by atoms with Crippen molar-refractivity contribution >= 4 is 0 Å². The predicted octanol–water partition coefficient (Wildman–Crippen LogP) is 3.79. The minimum Gasteiger partial charge on any atom is -0.497 e. The van der Waals surface area contributed by atoms with E-state index < -0.39 is 0 Å². The van der Waals surface area contributed by atoms with Gasteiger partial charge in [0.15, 0.2) is 0 Å². The van der Waals surface area contributed by atoms with E-state index in [1.807, 2.05) is 24.5 Å². The molecule has 2 aromatic heterocycles. The Morgan fingerprint density at radius 3 is 2.89 bits per heavy atom. The molecule has 0 unspecified atom stereocenters. The summed E-state index contributed by atoms with van der Waals surface area (Å²) in [5.74, 6) is 2.51. The van der Waals surface area contributed by atoms with Gasteiger partial charge < -0.3 is 9.30 Å². The van der Waals surface area contributed by atoms with Gasteiger partial charge in [-0.25, -0.2) is 4.98 Å². The number of hydrogen-bond donors (Lipinski definition) is 0.